The number of hydrogen-bond donors (Lipinski definition) is 1. The third kappa shape index (κ3) is 4.82. The first-order chi connectivity index (χ1) is 22.1. The van der Waals surface area contributed by atoms with Crippen molar-refractivity contribution in [2.75, 3.05) is 50.5 Å². The molecule has 2 N–H and O–H groups in total. The summed E-state index contributed by atoms with van der Waals surface area (Å²) in [6.45, 7) is 5.88. The highest BCUT2D eigenvalue weighted by Gasteiger charge is 2.49. The Balaban J connectivity index is 1.34. The number of benzene rings is 2. The van der Waals surface area contributed by atoms with Crippen molar-refractivity contribution in [2.45, 2.75) is 43.4 Å². The fourth-order valence-corrected chi connectivity index (χ4v) is 8.35. The van der Waals surface area contributed by atoms with Gasteiger partial charge in [0.15, 0.2) is 5.82 Å². The fraction of sp³-hybridized carbons (Fsp3) is 0.394. The third-order valence-electron chi connectivity index (χ3n) is 9.75. The summed E-state index contributed by atoms with van der Waals surface area (Å²) < 4.78 is 52.4. The van der Waals surface area contributed by atoms with Gasteiger partial charge >= 0.3 is 6.01 Å². The molecule has 9 nitrogen and oxygen atoms in total. The van der Waals surface area contributed by atoms with Crippen LogP contribution in [0.4, 0.5) is 24.0 Å². The lowest BCUT2D eigenvalue weighted by molar-refractivity contribution is -0.125. The van der Waals surface area contributed by atoms with Gasteiger partial charge in [0.1, 0.15) is 41.0 Å². The van der Waals surface area contributed by atoms with E-state index in [-0.39, 0.29) is 56.3 Å². The van der Waals surface area contributed by atoms with Crippen LogP contribution in [0.25, 0.3) is 32.1 Å². The molecular weight excluding hydrogens is 615 g/mol. The highest BCUT2D eigenvalue weighted by molar-refractivity contribution is 7.23. The van der Waals surface area contributed by atoms with E-state index in [0.29, 0.717) is 49.2 Å². The minimum Gasteiger partial charge on any atom is -0.461 e. The van der Waals surface area contributed by atoms with Gasteiger partial charge in [0.05, 0.1) is 15.8 Å². The number of rotatable bonds is 7. The average molecular weight is 648 g/mol. The molecule has 238 valence electrons. The molecule has 7 rings (SSSR count). The van der Waals surface area contributed by atoms with E-state index >= 15 is 4.39 Å². The lowest BCUT2D eigenvalue weighted by Gasteiger charge is -2.31. The van der Waals surface area contributed by atoms with Crippen LogP contribution in [-0.2, 0) is 4.79 Å². The number of carbonyl (C=O) groups excluding carboxylic acids is 1. The Labute approximate surface area is 267 Å². The third-order valence-corrected chi connectivity index (χ3v) is 10.8. The first-order valence-electron chi connectivity index (χ1n) is 15.2. The molecule has 0 aliphatic carbocycles. The number of likely N-dealkylation sites (tertiary alicyclic amines) is 1. The molecule has 2 aromatic carbocycles. The number of anilines is 2. The predicted molar refractivity (Wildman–Crippen MR) is 172 cm³/mol. The molecular formula is C33H32F3N7O2S. The quantitative estimate of drug-likeness (QED) is 0.265. The van der Waals surface area contributed by atoms with E-state index in [1.165, 1.54) is 18.2 Å². The normalized spacial score (nSPS) is 22.8. The lowest BCUT2D eigenvalue weighted by Crippen LogP contribution is -2.43. The maximum atomic E-state index is 16.8. The van der Waals surface area contributed by atoms with E-state index in [2.05, 4.69) is 16.5 Å². The second-order valence-corrected chi connectivity index (χ2v) is 13.4. The topological polar surface area (TPSA) is 112 Å². The van der Waals surface area contributed by atoms with E-state index in [0.717, 1.165) is 30.7 Å². The van der Waals surface area contributed by atoms with E-state index in [4.69, 9.17) is 15.5 Å². The van der Waals surface area contributed by atoms with E-state index < -0.39 is 23.3 Å². The summed E-state index contributed by atoms with van der Waals surface area (Å²) in [4.78, 5) is 27.3. The van der Waals surface area contributed by atoms with Gasteiger partial charge in [-0.25, -0.2) is 13.2 Å². The van der Waals surface area contributed by atoms with E-state index in [1.54, 1.807) is 17.0 Å². The van der Waals surface area contributed by atoms with Crippen LogP contribution in [0, 0.1) is 23.0 Å². The van der Waals surface area contributed by atoms with Crippen LogP contribution in [0.1, 0.15) is 31.2 Å². The van der Waals surface area contributed by atoms with Gasteiger partial charge in [0, 0.05) is 55.5 Å². The minimum absolute atomic E-state index is 0.0175. The Morgan fingerprint density at radius 3 is 2.85 bits per heavy atom. The number of aromatic nitrogens is 2. The van der Waals surface area contributed by atoms with Gasteiger partial charge in [-0.1, -0.05) is 18.7 Å². The van der Waals surface area contributed by atoms with Crippen molar-refractivity contribution in [3.63, 3.8) is 0 Å². The van der Waals surface area contributed by atoms with Crippen LogP contribution >= 0.6 is 11.3 Å². The number of fused-ring (bicyclic) bond motifs is 3. The summed E-state index contributed by atoms with van der Waals surface area (Å²) in [5.74, 6) is -0.993. The number of carbonyl (C=O) groups is 1. The maximum absolute atomic E-state index is 16.8. The molecule has 46 heavy (non-hydrogen) atoms. The van der Waals surface area contributed by atoms with Crippen LogP contribution in [0.15, 0.2) is 36.9 Å². The van der Waals surface area contributed by atoms with Gasteiger partial charge in [0.2, 0.25) is 5.91 Å². The van der Waals surface area contributed by atoms with Gasteiger partial charge in [-0.3, -0.25) is 9.69 Å². The zero-order chi connectivity index (χ0) is 32.3. The van der Waals surface area contributed by atoms with Crippen molar-refractivity contribution >= 4 is 49.1 Å². The van der Waals surface area contributed by atoms with Crippen LogP contribution < -0.4 is 15.4 Å². The molecule has 0 radical (unpaired) electrons. The minimum atomic E-state index is -0.941. The van der Waals surface area contributed by atoms with Crippen molar-refractivity contribution in [3.05, 3.63) is 54.1 Å². The monoisotopic (exact) mass is 647 g/mol. The molecule has 3 saturated heterocycles. The number of nitrogens with zero attached hydrogens (tertiary/aromatic N) is 6. The Morgan fingerprint density at radius 2 is 2.07 bits per heavy atom. The summed E-state index contributed by atoms with van der Waals surface area (Å²) in [5, 5.41) is 10.6. The summed E-state index contributed by atoms with van der Waals surface area (Å²) in [6.07, 6.45) is 3.08. The molecule has 3 atom stereocenters. The molecule has 3 aliphatic rings. The molecule has 3 unspecified atom stereocenters. The number of nitriles is 1. The maximum Gasteiger partial charge on any atom is 0.319 e. The number of halogens is 3. The first kappa shape index (κ1) is 30.3. The van der Waals surface area contributed by atoms with Crippen LogP contribution in [0.2, 0.25) is 0 Å². The van der Waals surface area contributed by atoms with Gasteiger partial charge in [-0.2, -0.15) is 15.2 Å². The van der Waals surface area contributed by atoms with Crippen molar-refractivity contribution in [1.82, 2.24) is 19.8 Å². The highest BCUT2D eigenvalue weighted by Crippen LogP contribution is 2.44. The largest absolute Gasteiger partial charge is 0.461 e. The van der Waals surface area contributed by atoms with Crippen LogP contribution in [0.3, 0.4) is 0 Å². The zero-order valence-corrected chi connectivity index (χ0v) is 26.0. The van der Waals surface area contributed by atoms with Crippen molar-refractivity contribution in [3.8, 4) is 23.2 Å². The molecule has 0 saturated carbocycles. The summed E-state index contributed by atoms with van der Waals surface area (Å²) in [5.41, 5.74) is 6.08. The number of amides is 1. The van der Waals surface area contributed by atoms with Gasteiger partial charge in [-0.05, 0) is 49.6 Å². The van der Waals surface area contributed by atoms with Gasteiger partial charge in [0.25, 0.3) is 0 Å². The number of likely N-dealkylation sites (N-methyl/N-ethyl adjacent to an activating group) is 1. The van der Waals surface area contributed by atoms with Crippen LogP contribution in [-0.4, -0.2) is 83.3 Å². The van der Waals surface area contributed by atoms with Crippen molar-refractivity contribution in [1.29, 1.82) is 5.26 Å². The second-order valence-electron chi connectivity index (χ2n) is 12.3. The highest BCUT2D eigenvalue weighted by atomic mass is 32.1. The van der Waals surface area contributed by atoms with Crippen LogP contribution in [0.5, 0.6) is 6.01 Å². The molecule has 13 heteroatoms. The fourth-order valence-electron chi connectivity index (χ4n) is 7.40. The smallest absolute Gasteiger partial charge is 0.319 e. The summed E-state index contributed by atoms with van der Waals surface area (Å²) in [6, 6.07) is 7.80. The summed E-state index contributed by atoms with van der Waals surface area (Å²) in [7, 11) is 1.84. The number of thiophene rings is 1. The summed E-state index contributed by atoms with van der Waals surface area (Å²) >= 11 is 0.941. The molecule has 3 aliphatic heterocycles. The van der Waals surface area contributed by atoms with Gasteiger partial charge < -0.3 is 20.3 Å². The lowest BCUT2D eigenvalue weighted by atomic mass is 9.95. The van der Waals surface area contributed by atoms with E-state index in [1.807, 2.05) is 18.0 Å². The average Bonchev–Trinajstić information content (AvgIpc) is 3.82. The van der Waals surface area contributed by atoms with Crippen molar-refractivity contribution < 1.29 is 22.7 Å². The second kappa shape index (κ2) is 11.4. The van der Waals surface area contributed by atoms with Gasteiger partial charge in [-0.15, -0.1) is 11.3 Å². The Kier molecular flexibility index (Phi) is 7.52. The zero-order valence-electron chi connectivity index (χ0n) is 25.2. The molecule has 3 fully saturated rings. The molecule has 2 aromatic heterocycles. The Hall–Kier alpha value is -4.41. The molecule has 0 spiro atoms. The Morgan fingerprint density at radius 1 is 1.26 bits per heavy atom. The number of alkyl halides is 1. The molecule has 1 amide bonds. The van der Waals surface area contributed by atoms with Crippen molar-refractivity contribution in [2.24, 2.45) is 0 Å². The molecule has 4 aromatic rings. The Bertz CT molecular complexity index is 1940. The standard InChI is InChI=1S/C33H32F3N7O2S/c1-3-25(44)42-12-9-19(16-42)41(2)31-22-6-5-21(20-7-8-24(35)29-26(20)23(14-37)30(38)46-29)27(36)28(22)39-32(40-31)45-17-33-10-4-11-43(33)15-18(34)13-33/h3,5-8,18-19H,1,4,9-13,15-17,38H2,2H3. The predicted octanol–water partition coefficient (Wildman–Crippen LogP) is 5.42. The number of nitrogens with two attached hydrogens (primary N) is 1. The molecule has 0 bridgehead atoms. The number of ether oxygens (including phenoxy) is 1. The SMILES string of the molecule is C=CC(=O)N1CCC(N(C)c2nc(OCC34CCCN3CC(F)C4)nc3c(F)c(-c4ccc(F)c5sc(N)c(C#N)c45)ccc23)C1. The molecule has 5 heterocycles. The number of nitrogen functional groups attached to an aromatic ring is 1. The number of hydrogen-bond acceptors (Lipinski definition) is 9. The van der Waals surface area contributed by atoms with E-state index in [9.17, 15) is 18.8 Å². The first-order valence-corrected chi connectivity index (χ1v) is 16.0.